The van der Waals surface area contributed by atoms with Gasteiger partial charge in [0.15, 0.2) is 0 Å². The summed E-state index contributed by atoms with van der Waals surface area (Å²) in [5.41, 5.74) is 1.24. The molecule has 130 valence electrons. The van der Waals surface area contributed by atoms with Gasteiger partial charge in [-0.25, -0.2) is 0 Å². The average molecular weight is 433 g/mol. The predicted octanol–water partition coefficient (Wildman–Crippen LogP) is 3.94. The third-order valence-electron chi connectivity index (χ3n) is 3.95. The lowest BCUT2D eigenvalue weighted by atomic mass is 10.1. The SMILES string of the molecule is Cl.Clc1ccc(OCCN2CCNCC2c2cccnc2)c(Br)c1. The fourth-order valence-corrected chi connectivity index (χ4v) is 3.58. The summed E-state index contributed by atoms with van der Waals surface area (Å²) in [5.74, 6) is 0.822. The molecule has 2 aromatic rings. The van der Waals surface area contributed by atoms with Crippen molar-refractivity contribution in [3.05, 3.63) is 57.8 Å². The van der Waals surface area contributed by atoms with Crippen LogP contribution in [0.5, 0.6) is 5.75 Å². The third-order valence-corrected chi connectivity index (χ3v) is 4.81. The van der Waals surface area contributed by atoms with E-state index in [-0.39, 0.29) is 12.4 Å². The number of hydrogen-bond donors (Lipinski definition) is 1. The molecule has 0 spiro atoms. The first-order valence-corrected chi connectivity index (χ1v) is 8.83. The van der Waals surface area contributed by atoms with Gasteiger partial charge in [0, 0.05) is 49.6 Å². The first-order chi connectivity index (χ1) is 11.2. The van der Waals surface area contributed by atoms with Gasteiger partial charge in [-0.2, -0.15) is 0 Å². The Kier molecular flexibility index (Phi) is 7.78. The van der Waals surface area contributed by atoms with Crippen molar-refractivity contribution >= 4 is 39.9 Å². The molecule has 1 aliphatic heterocycles. The largest absolute Gasteiger partial charge is 0.491 e. The molecule has 1 saturated heterocycles. The molecule has 1 aliphatic rings. The van der Waals surface area contributed by atoms with Crippen molar-refractivity contribution in [1.82, 2.24) is 15.2 Å². The lowest BCUT2D eigenvalue weighted by Gasteiger charge is -2.36. The molecule has 4 nitrogen and oxygen atoms in total. The minimum Gasteiger partial charge on any atom is -0.491 e. The Morgan fingerprint density at radius 2 is 2.25 bits per heavy atom. The van der Waals surface area contributed by atoms with Gasteiger partial charge >= 0.3 is 0 Å². The second-order valence-electron chi connectivity index (χ2n) is 5.47. The van der Waals surface area contributed by atoms with E-state index < -0.39 is 0 Å². The Balaban J connectivity index is 0.00000208. The van der Waals surface area contributed by atoms with Gasteiger partial charge in [-0.05, 0) is 45.8 Å². The summed E-state index contributed by atoms with van der Waals surface area (Å²) in [6, 6.07) is 10.0. The molecule has 0 aliphatic carbocycles. The van der Waals surface area contributed by atoms with Crippen LogP contribution in [-0.4, -0.2) is 42.7 Å². The molecule has 0 amide bonds. The standard InChI is InChI=1S/C17H19BrClN3O.ClH/c18-15-10-14(19)3-4-17(15)23-9-8-22-7-6-21-12-16(22)13-2-1-5-20-11-13;/h1-5,10-11,16,21H,6-9,12H2;1H. The van der Waals surface area contributed by atoms with Gasteiger partial charge in [-0.15, -0.1) is 12.4 Å². The zero-order chi connectivity index (χ0) is 16.1. The molecule has 7 heteroatoms. The topological polar surface area (TPSA) is 37.4 Å². The Morgan fingerprint density at radius 1 is 1.38 bits per heavy atom. The summed E-state index contributed by atoms with van der Waals surface area (Å²) in [7, 11) is 0. The molecule has 0 saturated carbocycles. The average Bonchev–Trinajstić information content (AvgIpc) is 2.58. The van der Waals surface area contributed by atoms with Crippen LogP contribution in [0.3, 0.4) is 0 Å². The fraction of sp³-hybridized carbons (Fsp3) is 0.353. The minimum absolute atomic E-state index is 0. The molecular weight excluding hydrogens is 413 g/mol. The summed E-state index contributed by atoms with van der Waals surface area (Å²) in [6.45, 7) is 4.45. The lowest BCUT2D eigenvalue weighted by Crippen LogP contribution is -2.47. The van der Waals surface area contributed by atoms with Crippen LogP contribution in [-0.2, 0) is 0 Å². The summed E-state index contributed by atoms with van der Waals surface area (Å²) >= 11 is 9.43. The highest BCUT2D eigenvalue weighted by molar-refractivity contribution is 9.10. The highest BCUT2D eigenvalue weighted by Crippen LogP contribution is 2.28. The number of ether oxygens (including phenoxy) is 1. The van der Waals surface area contributed by atoms with E-state index in [2.05, 4.69) is 37.2 Å². The smallest absolute Gasteiger partial charge is 0.133 e. The van der Waals surface area contributed by atoms with Crippen LogP contribution in [0, 0.1) is 0 Å². The number of rotatable bonds is 5. The van der Waals surface area contributed by atoms with Gasteiger partial charge in [-0.3, -0.25) is 9.88 Å². The number of nitrogens with zero attached hydrogens (tertiary/aromatic N) is 2. The fourth-order valence-electron chi connectivity index (χ4n) is 2.78. The molecule has 0 bridgehead atoms. The number of piperazine rings is 1. The van der Waals surface area contributed by atoms with Gasteiger partial charge in [0.1, 0.15) is 12.4 Å². The monoisotopic (exact) mass is 431 g/mol. The maximum Gasteiger partial charge on any atom is 0.133 e. The number of hydrogen-bond acceptors (Lipinski definition) is 4. The van der Waals surface area contributed by atoms with Crippen molar-refractivity contribution in [1.29, 1.82) is 0 Å². The van der Waals surface area contributed by atoms with E-state index in [1.807, 2.05) is 36.7 Å². The zero-order valence-corrected chi connectivity index (χ0v) is 16.3. The maximum atomic E-state index is 5.95. The summed E-state index contributed by atoms with van der Waals surface area (Å²) in [4.78, 5) is 6.68. The Hall–Kier alpha value is -0.850. The summed E-state index contributed by atoms with van der Waals surface area (Å²) in [5, 5.41) is 4.15. The number of pyridine rings is 1. The molecule has 3 rings (SSSR count). The molecule has 24 heavy (non-hydrogen) atoms. The Morgan fingerprint density at radius 3 is 3.00 bits per heavy atom. The van der Waals surface area contributed by atoms with Crippen LogP contribution in [0.15, 0.2) is 47.2 Å². The summed E-state index contributed by atoms with van der Waals surface area (Å²) in [6.07, 6.45) is 3.76. The first-order valence-electron chi connectivity index (χ1n) is 7.66. The van der Waals surface area contributed by atoms with Gasteiger partial charge < -0.3 is 10.1 Å². The molecule has 0 radical (unpaired) electrons. The molecule has 1 unspecified atom stereocenters. The predicted molar refractivity (Wildman–Crippen MR) is 103 cm³/mol. The highest BCUT2D eigenvalue weighted by Gasteiger charge is 2.23. The number of benzene rings is 1. The Labute approximate surface area is 162 Å². The second kappa shape index (κ2) is 9.59. The van der Waals surface area contributed by atoms with E-state index in [1.165, 1.54) is 5.56 Å². The van der Waals surface area contributed by atoms with Crippen LogP contribution in [0.25, 0.3) is 0 Å². The van der Waals surface area contributed by atoms with Crippen molar-refractivity contribution in [3.63, 3.8) is 0 Å². The minimum atomic E-state index is 0. The molecular formula is C17H20BrCl2N3O. The zero-order valence-electron chi connectivity index (χ0n) is 13.1. The van der Waals surface area contributed by atoms with Gasteiger partial charge in [0.2, 0.25) is 0 Å². The lowest BCUT2D eigenvalue weighted by molar-refractivity contribution is 0.133. The summed E-state index contributed by atoms with van der Waals surface area (Å²) < 4.78 is 6.78. The maximum absolute atomic E-state index is 5.95. The molecule has 2 heterocycles. The van der Waals surface area contributed by atoms with E-state index in [0.29, 0.717) is 17.7 Å². The van der Waals surface area contributed by atoms with Crippen molar-refractivity contribution in [2.75, 3.05) is 32.8 Å². The van der Waals surface area contributed by atoms with Crippen molar-refractivity contribution in [2.45, 2.75) is 6.04 Å². The normalized spacial score (nSPS) is 18.0. The van der Waals surface area contributed by atoms with E-state index >= 15 is 0 Å². The van der Waals surface area contributed by atoms with E-state index in [1.54, 1.807) is 0 Å². The van der Waals surface area contributed by atoms with Crippen LogP contribution in [0.1, 0.15) is 11.6 Å². The van der Waals surface area contributed by atoms with Crippen molar-refractivity contribution < 1.29 is 4.74 Å². The highest BCUT2D eigenvalue weighted by atomic mass is 79.9. The number of halogens is 3. The molecule has 1 N–H and O–H groups in total. The van der Waals surface area contributed by atoms with Crippen LogP contribution >= 0.6 is 39.9 Å². The molecule has 1 aromatic heterocycles. The number of nitrogens with one attached hydrogen (secondary N) is 1. The Bertz CT molecular complexity index is 645. The molecule has 1 atom stereocenters. The van der Waals surface area contributed by atoms with E-state index in [0.717, 1.165) is 36.4 Å². The van der Waals surface area contributed by atoms with Crippen LogP contribution in [0.2, 0.25) is 5.02 Å². The van der Waals surface area contributed by atoms with E-state index in [9.17, 15) is 0 Å². The molecule has 1 aromatic carbocycles. The third kappa shape index (κ3) is 5.07. The van der Waals surface area contributed by atoms with Gasteiger partial charge in [-0.1, -0.05) is 17.7 Å². The molecule has 1 fully saturated rings. The second-order valence-corrected chi connectivity index (χ2v) is 6.76. The van der Waals surface area contributed by atoms with Crippen molar-refractivity contribution in [2.24, 2.45) is 0 Å². The van der Waals surface area contributed by atoms with Gasteiger partial charge in [0.05, 0.1) is 4.47 Å². The quantitative estimate of drug-likeness (QED) is 0.776. The van der Waals surface area contributed by atoms with Crippen LogP contribution < -0.4 is 10.1 Å². The number of aromatic nitrogens is 1. The first kappa shape index (κ1) is 19.5. The van der Waals surface area contributed by atoms with Crippen molar-refractivity contribution in [3.8, 4) is 5.75 Å². The van der Waals surface area contributed by atoms with Crippen LogP contribution in [0.4, 0.5) is 0 Å². The van der Waals surface area contributed by atoms with E-state index in [4.69, 9.17) is 16.3 Å². The van der Waals surface area contributed by atoms with Gasteiger partial charge in [0.25, 0.3) is 0 Å².